The zero-order chi connectivity index (χ0) is 8.20. The highest BCUT2D eigenvalue weighted by Gasteiger charge is 2.02. The molecule has 0 rings (SSSR count). The summed E-state index contributed by atoms with van der Waals surface area (Å²) in [5, 5.41) is 0. The monoisotopic (exact) mass is 228 g/mol. The molecule has 0 aromatic rings. The lowest BCUT2D eigenvalue weighted by molar-refractivity contribution is 0.597. The van der Waals surface area contributed by atoms with Gasteiger partial charge in [0.25, 0.3) is 0 Å². The third-order valence-corrected chi connectivity index (χ3v) is 2.61. The van der Waals surface area contributed by atoms with Crippen molar-refractivity contribution in [3.63, 3.8) is 0 Å². The number of hydrogen-bond donors (Lipinski definition) is 0. The number of sulfone groups is 1. The van der Waals surface area contributed by atoms with E-state index in [4.69, 9.17) is 0 Å². The van der Waals surface area contributed by atoms with E-state index in [1.165, 1.54) is 6.26 Å². The molecule has 0 aliphatic carbocycles. The first-order valence-corrected chi connectivity index (χ1v) is 6.21. The van der Waals surface area contributed by atoms with Crippen molar-refractivity contribution in [3.05, 3.63) is 0 Å². The Morgan fingerprint density at radius 3 is 2.30 bits per heavy atom. The Kier molecular flexibility index (Phi) is 4.52. The molecule has 0 aliphatic heterocycles. The fraction of sp³-hybridized carbons (Fsp3) is 1.00. The van der Waals surface area contributed by atoms with Crippen molar-refractivity contribution in [2.24, 2.45) is 0 Å². The van der Waals surface area contributed by atoms with Gasteiger partial charge in [0.2, 0.25) is 0 Å². The smallest absolute Gasteiger partial charge is 0.147 e. The van der Waals surface area contributed by atoms with E-state index in [1.54, 1.807) is 0 Å². The molecule has 0 aromatic carbocycles. The second kappa shape index (κ2) is 4.34. The Bertz CT molecular complexity index is 172. The quantitative estimate of drug-likeness (QED) is 0.686. The maximum absolute atomic E-state index is 10.6. The Morgan fingerprint density at radius 2 is 2.00 bits per heavy atom. The lowest BCUT2D eigenvalue weighted by Gasteiger charge is -2.00. The summed E-state index contributed by atoms with van der Waals surface area (Å²) in [5.41, 5.74) is 0. The molecule has 0 fully saturated rings. The molecule has 0 amide bonds. The first-order valence-electron chi connectivity index (χ1n) is 3.23. The summed E-state index contributed by atoms with van der Waals surface area (Å²) < 4.78 is 21.2. The molecule has 0 aromatic heterocycles. The van der Waals surface area contributed by atoms with Gasteiger partial charge in [0.1, 0.15) is 9.84 Å². The van der Waals surface area contributed by atoms with Gasteiger partial charge in [-0.2, -0.15) is 0 Å². The molecule has 0 N–H and O–H groups in total. The molecule has 4 heteroatoms. The van der Waals surface area contributed by atoms with Gasteiger partial charge >= 0.3 is 0 Å². The minimum absolute atomic E-state index is 0.308. The minimum Gasteiger partial charge on any atom is -0.229 e. The fourth-order valence-corrected chi connectivity index (χ4v) is 1.64. The number of alkyl halides is 1. The molecule has 10 heavy (non-hydrogen) atoms. The first-order chi connectivity index (χ1) is 4.42. The van der Waals surface area contributed by atoms with Crippen LogP contribution in [0.1, 0.15) is 19.8 Å². The Hall–Kier alpha value is 0.430. The van der Waals surface area contributed by atoms with E-state index >= 15 is 0 Å². The van der Waals surface area contributed by atoms with Crippen LogP contribution in [-0.4, -0.2) is 25.3 Å². The Morgan fingerprint density at radius 1 is 1.50 bits per heavy atom. The van der Waals surface area contributed by atoms with Crippen LogP contribution in [0.5, 0.6) is 0 Å². The Balaban J connectivity index is 3.39. The van der Waals surface area contributed by atoms with Crippen LogP contribution in [0, 0.1) is 0 Å². The molecule has 0 heterocycles. The van der Waals surface area contributed by atoms with E-state index in [0.717, 1.165) is 12.8 Å². The molecule has 0 spiro atoms. The van der Waals surface area contributed by atoms with Gasteiger partial charge in [-0.1, -0.05) is 22.9 Å². The number of halogens is 1. The van der Waals surface area contributed by atoms with E-state index in [2.05, 4.69) is 15.9 Å². The van der Waals surface area contributed by atoms with Crippen molar-refractivity contribution >= 4 is 25.8 Å². The highest BCUT2D eigenvalue weighted by molar-refractivity contribution is 9.09. The SMILES string of the molecule is CC(Br)CCCS(C)(=O)=O. The second-order valence-corrected chi connectivity index (χ2v) is 6.38. The molecule has 0 bridgehead atoms. The maximum Gasteiger partial charge on any atom is 0.147 e. The predicted octanol–water partition coefficient (Wildman–Crippen LogP) is 1.59. The summed E-state index contributed by atoms with van der Waals surface area (Å²) >= 11 is 3.35. The van der Waals surface area contributed by atoms with E-state index in [1.807, 2.05) is 6.92 Å². The van der Waals surface area contributed by atoms with Crippen molar-refractivity contribution in [2.45, 2.75) is 24.6 Å². The van der Waals surface area contributed by atoms with Gasteiger partial charge in [-0.3, -0.25) is 0 Å². The molecule has 1 atom stereocenters. The molecule has 0 aliphatic rings. The van der Waals surface area contributed by atoms with Crippen LogP contribution in [0.2, 0.25) is 0 Å². The third kappa shape index (κ3) is 8.43. The van der Waals surface area contributed by atoms with Crippen molar-refractivity contribution in [1.29, 1.82) is 0 Å². The van der Waals surface area contributed by atoms with Gasteiger partial charge in [-0.05, 0) is 12.8 Å². The van der Waals surface area contributed by atoms with Crippen molar-refractivity contribution in [3.8, 4) is 0 Å². The van der Waals surface area contributed by atoms with E-state index < -0.39 is 9.84 Å². The highest BCUT2D eigenvalue weighted by atomic mass is 79.9. The maximum atomic E-state index is 10.6. The van der Waals surface area contributed by atoms with Gasteiger partial charge in [-0.15, -0.1) is 0 Å². The van der Waals surface area contributed by atoms with Gasteiger partial charge in [0, 0.05) is 16.8 Å². The number of rotatable bonds is 4. The number of hydrogen-bond acceptors (Lipinski definition) is 2. The van der Waals surface area contributed by atoms with Gasteiger partial charge in [-0.25, -0.2) is 8.42 Å². The molecule has 0 radical (unpaired) electrons. The van der Waals surface area contributed by atoms with Gasteiger partial charge in [0.15, 0.2) is 0 Å². The lowest BCUT2D eigenvalue weighted by atomic mass is 10.3. The van der Waals surface area contributed by atoms with Crippen LogP contribution in [0.3, 0.4) is 0 Å². The first kappa shape index (κ1) is 10.4. The zero-order valence-electron chi connectivity index (χ0n) is 6.30. The van der Waals surface area contributed by atoms with Gasteiger partial charge in [0.05, 0.1) is 0 Å². The van der Waals surface area contributed by atoms with Crippen molar-refractivity contribution in [1.82, 2.24) is 0 Å². The van der Waals surface area contributed by atoms with Crippen LogP contribution >= 0.6 is 15.9 Å². The van der Waals surface area contributed by atoms with Crippen molar-refractivity contribution < 1.29 is 8.42 Å². The summed E-state index contributed by atoms with van der Waals surface area (Å²) in [6.07, 6.45) is 2.95. The summed E-state index contributed by atoms with van der Waals surface area (Å²) in [5.74, 6) is 0.308. The van der Waals surface area contributed by atoms with Gasteiger partial charge < -0.3 is 0 Å². The third-order valence-electron chi connectivity index (χ3n) is 1.12. The molecular formula is C6H13BrO2S. The van der Waals surface area contributed by atoms with Crippen LogP contribution in [0.15, 0.2) is 0 Å². The van der Waals surface area contributed by atoms with E-state index in [-0.39, 0.29) is 0 Å². The van der Waals surface area contributed by atoms with E-state index in [0.29, 0.717) is 10.6 Å². The zero-order valence-corrected chi connectivity index (χ0v) is 8.70. The molecular weight excluding hydrogens is 216 g/mol. The van der Waals surface area contributed by atoms with Crippen molar-refractivity contribution in [2.75, 3.05) is 12.0 Å². The average molecular weight is 229 g/mol. The summed E-state index contributed by atoms with van der Waals surface area (Å²) in [7, 11) is -2.74. The highest BCUT2D eigenvalue weighted by Crippen LogP contribution is 2.06. The van der Waals surface area contributed by atoms with Crippen LogP contribution < -0.4 is 0 Å². The molecule has 0 saturated heterocycles. The largest absolute Gasteiger partial charge is 0.229 e. The molecule has 0 saturated carbocycles. The van der Waals surface area contributed by atoms with Crippen LogP contribution in [0.4, 0.5) is 0 Å². The topological polar surface area (TPSA) is 34.1 Å². The molecule has 1 unspecified atom stereocenters. The second-order valence-electron chi connectivity index (χ2n) is 2.55. The fourth-order valence-electron chi connectivity index (χ4n) is 0.627. The van der Waals surface area contributed by atoms with Crippen LogP contribution in [0.25, 0.3) is 0 Å². The Labute approximate surface area is 71.1 Å². The minimum atomic E-state index is -2.74. The lowest BCUT2D eigenvalue weighted by Crippen LogP contribution is -2.04. The standard InChI is InChI=1S/C6H13BrO2S/c1-6(7)4-3-5-10(2,8)9/h6H,3-5H2,1-2H3. The normalized spacial score (nSPS) is 15.1. The van der Waals surface area contributed by atoms with E-state index in [9.17, 15) is 8.42 Å². The average Bonchev–Trinajstić information content (AvgIpc) is 1.59. The molecule has 62 valence electrons. The molecule has 2 nitrogen and oxygen atoms in total. The predicted molar refractivity (Wildman–Crippen MR) is 47.3 cm³/mol. The van der Waals surface area contributed by atoms with Crippen LogP contribution in [-0.2, 0) is 9.84 Å². The summed E-state index contributed by atoms with van der Waals surface area (Å²) in [6.45, 7) is 2.02. The summed E-state index contributed by atoms with van der Waals surface area (Å²) in [4.78, 5) is 0.425. The summed E-state index contributed by atoms with van der Waals surface area (Å²) in [6, 6.07) is 0.